The van der Waals surface area contributed by atoms with Crippen molar-refractivity contribution in [1.82, 2.24) is 0 Å². The second-order valence-electron chi connectivity index (χ2n) is 5.75. The van der Waals surface area contributed by atoms with Crippen molar-refractivity contribution in [3.8, 4) is 0 Å². The second-order valence-corrected chi connectivity index (χ2v) is 5.75. The van der Waals surface area contributed by atoms with Crippen LogP contribution in [0.1, 0.15) is 30.1 Å². The number of carboxylic acid groups (broad SMARTS) is 1. The van der Waals surface area contributed by atoms with Crippen LogP contribution in [0.2, 0.25) is 0 Å². The predicted octanol–water partition coefficient (Wildman–Crippen LogP) is 0.371. The first-order valence-corrected chi connectivity index (χ1v) is 7.26. The Morgan fingerprint density at radius 1 is 1.14 bits per heavy atom. The van der Waals surface area contributed by atoms with Crippen molar-refractivity contribution in [2.24, 2.45) is 11.8 Å². The lowest BCUT2D eigenvalue weighted by Gasteiger charge is -2.27. The van der Waals surface area contributed by atoms with Crippen LogP contribution in [-0.2, 0) is 14.3 Å². The van der Waals surface area contributed by atoms with E-state index < -0.39 is 35.9 Å². The number of aliphatic carboxylic acids is 1. The zero-order valence-electron chi connectivity index (χ0n) is 12.1. The van der Waals surface area contributed by atoms with Crippen LogP contribution in [0, 0.1) is 11.8 Å². The Bertz CT molecular complexity index is 641. The van der Waals surface area contributed by atoms with E-state index >= 15 is 0 Å². The lowest BCUT2D eigenvalue weighted by atomic mass is 9.78. The van der Waals surface area contributed by atoms with Crippen LogP contribution in [0.25, 0.3) is 0 Å². The van der Waals surface area contributed by atoms with E-state index in [-0.39, 0.29) is 5.78 Å². The maximum absolute atomic E-state index is 12.5. The number of amides is 1. The minimum Gasteiger partial charge on any atom is -0.550 e. The van der Waals surface area contributed by atoms with Gasteiger partial charge in [0.2, 0.25) is 5.91 Å². The third-order valence-corrected chi connectivity index (χ3v) is 4.41. The third kappa shape index (κ3) is 2.39. The van der Waals surface area contributed by atoms with Crippen molar-refractivity contribution >= 4 is 23.3 Å². The van der Waals surface area contributed by atoms with Crippen LogP contribution in [-0.4, -0.2) is 29.9 Å². The van der Waals surface area contributed by atoms with Gasteiger partial charge in [-0.25, -0.2) is 0 Å². The van der Waals surface area contributed by atoms with Gasteiger partial charge in [0.15, 0.2) is 5.78 Å². The number of carboxylic acids is 1. The highest BCUT2D eigenvalue weighted by atomic mass is 16.5. The van der Waals surface area contributed by atoms with Crippen molar-refractivity contribution in [2.75, 3.05) is 5.32 Å². The molecular formula is C16H16NO5-. The quantitative estimate of drug-likeness (QED) is 0.811. The summed E-state index contributed by atoms with van der Waals surface area (Å²) in [7, 11) is 0. The van der Waals surface area contributed by atoms with Gasteiger partial charge in [0.05, 0.1) is 23.8 Å². The summed E-state index contributed by atoms with van der Waals surface area (Å²) in [5.41, 5.74) is 0.782. The number of hydrogen-bond acceptors (Lipinski definition) is 5. The molecule has 2 heterocycles. The molecule has 1 aromatic carbocycles. The minimum absolute atomic E-state index is 0.170. The first-order chi connectivity index (χ1) is 10.5. The number of nitrogens with one attached hydrogen (secondary N) is 1. The summed E-state index contributed by atoms with van der Waals surface area (Å²) in [6.45, 7) is 1.41. The topological polar surface area (TPSA) is 95.5 Å². The van der Waals surface area contributed by atoms with Crippen LogP contribution in [0.3, 0.4) is 0 Å². The zero-order chi connectivity index (χ0) is 15.9. The summed E-state index contributed by atoms with van der Waals surface area (Å²) in [6, 6.07) is 6.65. The van der Waals surface area contributed by atoms with Gasteiger partial charge in [0.25, 0.3) is 0 Å². The fourth-order valence-electron chi connectivity index (χ4n) is 3.43. The Labute approximate surface area is 127 Å². The fraction of sp³-hybridized carbons (Fsp3) is 0.438. The smallest absolute Gasteiger partial charge is 0.230 e. The highest BCUT2D eigenvalue weighted by Crippen LogP contribution is 2.43. The van der Waals surface area contributed by atoms with Gasteiger partial charge in [-0.2, -0.15) is 0 Å². The van der Waals surface area contributed by atoms with Gasteiger partial charge in [-0.3, -0.25) is 9.59 Å². The van der Waals surface area contributed by atoms with Gasteiger partial charge >= 0.3 is 0 Å². The second kappa shape index (κ2) is 5.53. The van der Waals surface area contributed by atoms with Crippen LogP contribution in [0.4, 0.5) is 5.69 Å². The van der Waals surface area contributed by atoms with Gasteiger partial charge in [0, 0.05) is 17.5 Å². The van der Waals surface area contributed by atoms with Gasteiger partial charge in [-0.05, 0) is 31.9 Å². The number of benzene rings is 1. The molecule has 4 atom stereocenters. The average molecular weight is 302 g/mol. The molecule has 0 unspecified atom stereocenters. The molecule has 3 rings (SSSR count). The standard InChI is InChI=1S/C16H17NO5/c1-8(18)9-4-2-3-5-10(9)17-15(19)13-11-6-7-12(22-11)14(13)16(20)21/h2-5,11-14H,6-7H2,1H3,(H,17,19)(H,20,21)/p-1/t11-,12+,13-,14+/m1/s1. The van der Waals surface area contributed by atoms with Gasteiger partial charge in [-0.1, -0.05) is 12.1 Å². The normalized spacial score (nSPS) is 29.3. The Kier molecular flexibility index (Phi) is 3.70. The van der Waals surface area contributed by atoms with Crippen LogP contribution in [0.15, 0.2) is 24.3 Å². The fourth-order valence-corrected chi connectivity index (χ4v) is 3.43. The highest BCUT2D eigenvalue weighted by molar-refractivity contribution is 6.04. The van der Waals surface area contributed by atoms with Crippen molar-refractivity contribution in [1.29, 1.82) is 0 Å². The molecule has 0 aliphatic carbocycles. The molecule has 2 saturated heterocycles. The molecule has 2 bridgehead atoms. The van der Waals surface area contributed by atoms with Crippen molar-refractivity contribution in [3.63, 3.8) is 0 Å². The summed E-state index contributed by atoms with van der Waals surface area (Å²) >= 11 is 0. The molecule has 2 aliphatic heterocycles. The van der Waals surface area contributed by atoms with E-state index in [1.165, 1.54) is 6.92 Å². The number of hydrogen-bond donors (Lipinski definition) is 1. The molecule has 1 amide bonds. The Morgan fingerprint density at radius 3 is 2.41 bits per heavy atom. The molecule has 1 aromatic rings. The third-order valence-electron chi connectivity index (χ3n) is 4.41. The minimum atomic E-state index is -1.26. The van der Waals surface area contributed by atoms with Crippen molar-refractivity contribution in [2.45, 2.75) is 32.0 Å². The lowest BCUT2D eigenvalue weighted by Crippen LogP contribution is -2.46. The van der Waals surface area contributed by atoms with E-state index in [1.54, 1.807) is 24.3 Å². The maximum Gasteiger partial charge on any atom is 0.230 e. The number of carbonyl (C=O) groups excluding carboxylic acids is 3. The maximum atomic E-state index is 12.5. The molecule has 116 valence electrons. The van der Waals surface area contributed by atoms with Crippen LogP contribution in [0.5, 0.6) is 0 Å². The first-order valence-electron chi connectivity index (χ1n) is 7.26. The summed E-state index contributed by atoms with van der Waals surface area (Å²) < 4.78 is 5.55. The molecule has 0 saturated carbocycles. The van der Waals surface area contributed by atoms with E-state index in [4.69, 9.17) is 4.74 Å². The number of carbonyl (C=O) groups is 3. The highest BCUT2D eigenvalue weighted by Gasteiger charge is 2.52. The summed E-state index contributed by atoms with van der Waals surface area (Å²) in [4.78, 5) is 35.4. The molecule has 6 nitrogen and oxygen atoms in total. The number of Topliss-reactive ketones (excluding diaryl/α,β-unsaturated/α-hetero) is 1. The number of ether oxygens (including phenoxy) is 1. The monoisotopic (exact) mass is 302 g/mol. The number of para-hydroxylation sites is 1. The van der Waals surface area contributed by atoms with Crippen LogP contribution >= 0.6 is 0 Å². The predicted molar refractivity (Wildman–Crippen MR) is 75.0 cm³/mol. The molecule has 2 fully saturated rings. The summed E-state index contributed by atoms with van der Waals surface area (Å²) in [5.74, 6) is -3.56. The molecule has 1 N–H and O–H groups in total. The summed E-state index contributed by atoms with van der Waals surface area (Å²) in [5, 5.41) is 14.0. The summed E-state index contributed by atoms with van der Waals surface area (Å²) in [6.07, 6.45) is 0.462. The number of ketones is 1. The molecule has 0 aromatic heterocycles. The number of rotatable bonds is 4. The SMILES string of the molecule is CC(=O)c1ccccc1NC(=O)[C@H]1[C@@H](C(=O)[O-])[C@@H]2CC[C@H]1O2. The molecule has 0 spiro atoms. The van der Waals surface area contributed by atoms with Crippen LogP contribution < -0.4 is 10.4 Å². The van der Waals surface area contributed by atoms with Gasteiger partial charge in [-0.15, -0.1) is 0 Å². The lowest BCUT2D eigenvalue weighted by molar-refractivity contribution is -0.313. The van der Waals surface area contributed by atoms with Gasteiger partial charge in [0.1, 0.15) is 0 Å². The number of anilines is 1. The van der Waals surface area contributed by atoms with E-state index in [9.17, 15) is 19.5 Å². The Balaban J connectivity index is 1.83. The Hall–Kier alpha value is -2.21. The van der Waals surface area contributed by atoms with E-state index in [0.29, 0.717) is 24.1 Å². The average Bonchev–Trinajstić information content (AvgIpc) is 3.08. The Morgan fingerprint density at radius 2 is 1.77 bits per heavy atom. The molecule has 22 heavy (non-hydrogen) atoms. The molecular weight excluding hydrogens is 286 g/mol. The van der Waals surface area contributed by atoms with E-state index in [0.717, 1.165) is 0 Å². The number of fused-ring (bicyclic) bond motifs is 2. The molecule has 0 radical (unpaired) electrons. The zero-order valence-corrected chi connectivity index (χ0v) is 12.1. The van der Waals surface area contributed by atoms with Crippen molar-refractivity contribution < 1.29 is 24.2 Å². The first kappa shape index (κ1) is 14.7. The van der Waals surface area contributed by atoms with Gasteiger partial charge < -0.3 is 20.0 Å². The van der Waals surface area contributed by atoms with E-state index in [1.807, 2.05) is 0 Å². The van der Waals surface area contributed by atoms with Crippen molar-refractivity contribution in [3.05, 3.63) is 29.8 Å². The molecule has 6 heteroatoms. The van der Waals surface area contributed by atoms with E-state index in [2.05, 4.69) is 5.32 Å². The molecule has 2 aliphatic rings. The largest absolute Gasteiger partial charge is 0.550 e.